The van der Waals surface area contributed by atoms with Crippen LogP contribution in [0.3, 0.4) is 0 Å². The smallest absolute Gasteiger partial charge is 0.245 e. The Labute approximate surface area is 87.4 Å². The van der Waals surface area contributed by atoms with E-state index in [1.807, 2.05) is 11.8 Å². The number of carbonyl (C=O) groups is 1. The Balaban J connectivity index is 3.93. The van der Waals surface area contributed by atoms with Gasteiger partial charge in [-0.15, -0.1) is 0 Å². The van der Waals surface area contributed by atoms with Crippen molar-refractivity contribution in [2.45, 2.75) is 20.8 Å². The minimum Gasteiger partial charge on any atom is -0.338 e. The van der Waals surface area contributed by atoms with E-state index in [9.17, 15) is 4.79 Å². The monoisotopic (exact) mass is 198 g/mol. The third-order valence-electron chi connectivity index (χ3n) is 2.45. The molecule has 0 atom stereocenters. The minimum atomic E-state index is 0.0275. The summed E-state index contributed by atoms with van der Waals surface area (Å²) in [6.07, 6.45) is 1.38. The van der Waals surface area contributed by atoms with Gasteiger partial charge in [0.1, 0.15) is 0 Å². The van der Waals surface area contributed by atoms with Gasteiger partial charge in [-0.1, -0.05) is 20.4 Å². The molecule has 0 unspecified atom stereocenters. The highest BCUT2D eigenvalue weighted by atomic mass is 16.2. The number of rotatable bonds is 7. The Hall–Kier alpha value is -0.830. The van der Waals surface area contributed by atoms with E-state index in [2.05, 4.69) is 25.3 Å². The first-order valence-electron chi connectivity index (χ1n) is 5.33. The molecule has 0 radical (unpaired) electrons. The van der Waals surface area contributed by atoms with Crippen molar-refractivity contribution in [1.82, 2.24) is 9.80 Å². The lowest BCUT2D eigenvalue weighted by Crippen LogP contribution is -2.37. The topological polar surface area (TPSA) is 23.6 Å². The zero-order chi connectivity index (χ0) is 11.0. The van der Waals surface area contributed by atoms with Crippen molar-refractivity contribution in [2.75, 3.05) is 32.7 Å². The molecule has 0 aliphatic heterocycles. The molecule has 82 valence electrons. The third kappa shape index (κ3) is 4.42. The first kappa shape index (κ1) is 13.2. The molecule has 0 aliphatic rings. The summed E-state index contributed by atoms with van der Waals surface area (Å²) in [5.41, 5.74) is 0. The predicted octanol–water partition coefficient (Wildman–Crippen LogP) is 1.36. The highest BCUT2D eigenvalue weighted by Crippen LogP contribution is 1.93. The third-order valence-corrected chi connectivity index (χ3v) is 2.45. The van der Waals surface area contributed by atoms with Gasteiger partial charge in [-0.05, 0) is 26.1 Å². The molecule has 0 spiro atoms. The fourth-order valence-electron chi connectivity index (χ4n) is 1.36. The van der Waals surface area contributed by atoms with Crippen LogP contribution in [-0.2, 0) is 4.79 Å². The number of likely N-dealkylation sites (N-methyl/N-ethyl adjacent to an activating group) is 2. The van der Waals surface area contributed by atoms with Gasteiger partial charge in [0.2, 0.25) is 5.91 Å². The van der Waals surface area contributed by atoms with Gasteiger partial charge in [0.05, 0.1) is 0 Å². The van der Waals surface area contributed by atoms with Gasteiger partial charge in [0, 0.05) is 19.6 Å². The summed E-state index contributed by atoms with van der Waals surface area (Å²) in [6, 6.07) is 0. The van der Waals surface area contributed by atoms with Crippen molar-refractivity contribution in [3.63, 3.8) is 0 Å². The summed E-state index contributed by atoms with van der Waals surface area (Å²) in [7, 11) is 0. The summed E-state index contributed by atoms with van der Waals surface area (Å²) in [5.74, 6) is 0.0275. The van der Waals surface area contributed by atoms with Gasteiger partial charge < -0.3 is 9.80 Å². The largest absolute Gasteiger partial charge is 0.338 e. The Morgan fingerprint density at radius 2 is 1.71 bits per heavy atom. The van der Waals surface area contributed by atoms with E-state index in [4.69, 9.17) is 0 Å². The quantitative estimate of drug-likeness (QED) is 0.577. The van der Waals surface area contributed by atoms with E-state index in [1.165, 1.54) is 6.08 Å². The summed E-state index contributed by atoms with van der Waals surface area (Å²) in [4.78, 5) is 15.4. The van der Waals surface area contributed by atoms with Crippen LogP contribution in [0.5, 0.6) is 0 Å². The second kappa shape index (κ2) is 7.56. The second-order valence-electron chi connectivity index (χ2n) is 3.15. The summed E-state index contributed by atoms with van der Waals surface area (Å²) in [5, 5.41) is 0. The lowest BCUT2D eigenvalue weighted by atomic mass is 10.4. The SMILES string of the molecule is C=CC(=O)N(CC)CCN(CC)CC. The first-order valence-corrected chi connectivity index (χ1v) is 5.33. The fraction of sp³-hybridized carbons (Fsp3) is 0.727. The standard InChI is InChI=1S/C11H22N2O/c1-5-11(14)13(8-4)10-9-12(6-2)7-3/h5H,1,6-10H2,2-4H3. The van der Waals surface area contributed by atoms with Gasteiger partial charge in [0.15, 0.2) is 0 Å². The molecule has 3 heteroatoms. The molecule has 0 N–H and O–H groups in total. The second-order valence-corrected chi connectivity index (χ2v) is 3.15. The van der Waals surface area contributed by atoms with Crippen LogP contribution in [0, 0.1) is 0 Å². The van der Waals surface area contributed by atoms with Crippen molar-refractivity contribution in [2.24, 2.45) is 0 Å². The Morgan fingerprint density at radius 1 is 1.14 bits per heavy atom. The molecule has 14 heavy (non-hydrogen) atoms. The van der Waals surface area contributed by atoms with Crippen molar-refractivity contribution < 1.29 is 4.79 Å². The number of amides is 1. The van der Waals surface area contributed by atoms with E-state index in [-0.39, 0.29) is 5.91 Å². The van der Waals surface area contributed by atoms with Crippen LogP contribution in [0.25, 0.3) is 0 Å². The van der Waals surface area contributed by atoms with Gasteiger partial charge in [-0.2, -0.15) is 0 Å². The molecule has 0 aromatic rings. The van der Waals surface area contributed by atoms with E-state index in [1.54, 1.807) is 0 Å². The van der Waals surface area contributed by atoms with Crippen LogP contribution in [0.4, 0.5) is 0 Å². The molecule has 0 saturated heterocycles. The highest BCUT2D eigenvalue weighted by molar-refractivity contribution is 5.86. The van der Waals surface area contributed by atoms with E-state index in [0.717, 1.165) is 32.7 Å². The molecular formula is C11H22N2O. The maximum atomic E-state index is 11.3. The molecule has 3 nitrogen and oxygen atoms in total. The van der Waals surface area contributed by atoms with Crippen LogP contribution in [0.15, 0.2) is 12.7 Å². The normalized spacial score (nSPS) is 10.3. The number of nitrogens with zero attached hydrogens (tertiary/aromatic N) is 2. The molecule has 0 aliphatic carbocycles. The van der Waals surface area contributed by atoms with Crippen molar-refractivity contribution in [1.29, 1.82) is 0 Å². The van der Waals surface area contributed by atoms with Crippen molar-refractivity contribution in [3.8, 4) is 0 Å². The number of hydrogen-bond donors (Lipinski definition) is 0. The summed E-state index contributed by atoms with van der Waals surface area (Å²) >= 11 is 0. The fourth-order valence-corrected chi connectivity index (χ4v) is 1.36. The molecular weight excluding hydrogens is 176 g/mol. The van der Waals surface area contributed by atoms with Crippen LogP contribution >= 0.6 is 0 Å². The zero-order valence-corrected chi connectivity index (χ0v) is 9.62. The zero-order valence-electron chi connectivity index (χ0n) is 9.62. The Morgan fingerprint density at radius 3 is 2.07 bits per heavy atom. The van der Waals surface area contributed by atoms with Gasteiger partial charge in [-0.25, -0.2) is 0 Å². The molecule has 0 saturated carbocycles. The van der Waals surface area contributed by atoms with E-state index < -0.39 is 0 Å². The van der Waals surface area contributed by atoms with Crippen molar-refractivity contribution in [3.05, 3.63) is 12.7 Å². The molecule has 0 aromatic heterocycles. The molecule has 0 heterocycles. The maximum Gasteiger partial charge on any atom is 0.245 e. The summed E-state index contributed by atoms with van der Waals surface area (Å²) in [6.45, 7) is 14.3. The molecule has 0 fully saturated rings. The number of carbonyl (C=O) groups excluding carboxylic acids is 1. The average Bonchev–Trinajstić information content (AvgIpc) is 2.24. The first-order chi connectivity index (χ1) is 6.69. The Kier molecular flexibility index (Phi) is 7.11. The van der Waals surface area contributed by atoms with Crippen LogP contribution in [-0.4, -0.2) is 48.4 Å². The van der Waals surface area contributed by atoms with Crippen LogP contribution < -0.4 is 0 Å². The maximum absolute atomic E-state index is 11.3. The highest BCUT2D eigenvalue weighted by Gasteiger charge is 2.08. The lowest BCUT2D eigenvalue weighted by molar-refractivity contribution is -0.126. The molecule has 0 rings (SSSR count). The summed E-state index contributed by atoms with van der Waals surface area (Å²) < 4.78 is 0. The molecule has 1 amide bonds. The number of hydrogen-bond acceptors (Lipinski definition) is 2. The van der Waals surface area contributed by atoms with Crippen molar-refractivity contribution >= 4 is 5.91 Å². The van der Waals surface area contributed by atoms with E-state index in [0.29, 0.717) is 0 Å². The molecule has 0 bridgehead atoms. The van der Waals surface area contributed by atoms with Gasteiger partial charge in [-0.3, -0.25) is 4.79 Å². The van der Waals surface area contributed by atoms with Crippen LogP contribution in [0.1, 0.15) is 20.8 Å². The lowest BCUT2D eigenvalue weighted by Gasteiger charge is -2.24. The molecule has 0 aromatic carbocycles. The average molecular weight is 198 g/mol. The van der Waals surface area contributed by atoms with Gasteiger partial charge >= 0.3 is 0 Å². The van der Waals surface area contributed by atoms with Gasteiger partial charge in [0.25, 0.3) is 0 Å². The minimum absolute atomic E-state index is 0.0275. The predicted molar refractivity (Wildman–Crippen MR) is 60.2 cm³/mol. The van der Waals surface area contributed by atoms with E-state index >= 15 is 0 Å². The Bertz CT molecular complexity index is 176. The van der Waals surface area contributed by atoms with Crippen LogP contribution in [0.2, 0.25) is 0 Å².